The summed E-state index contributed by atoms with van der Waals surface area (Å²) in [4.78, 5) is 0. The molecule has 0 bridgehead atoms. The van der Waals surface area contributed by atoms with Crippen molar-refractivity contribution in [3.05, 3.63) is 34.6 Å². The van der Waals surface area contributed by atoms with E-state index in [0.29, 0.717) is 17.0 Å². The zero-order valence-electron chi connectivity index (χ0n) is 7.19. The van der Waals surface area contributed by atoms with Crippen LogP contribution in [0.25, 0.3) is 0 Å². The summed E-state index contributed by atoms with van der Waals surface area (Å²) in [6.45, 7) is 0. The molecule has 0 aromatic heterocycles. The van der Waals surface area contributed by atoms with Crippen molar-refractivity contribution in [3.63, 3.8) is 0 Å². The van der Waals surface area contributed by atoms with Crippen LogP contribution in [0.5, 0.6) is 0 Å². The molecule has 0 unspecified atom stereocenters. The maximum absolute atomic E-state index is 13.2. The molecule has 1 nitrogen and oxygen atoms in total. The predicted molar refractivity (Wildman–Crippen MR) is 51.3 cm³/mol. The zero-order chi connectivity index (χ0) is 9.47. The average Bonchev–Trinajstić information content (AvgIpc) is 2.76. The highest BCUT2D eigenvalue weighted by molar-refractivity contribution is 6.30. The van der Waals surface area contributed by atoms with Gasteiger partial charge in [-0.1, -0.05) is 11.6 Å². The molecule has 1 aromatic rings. The average molecular weight is 200 g/mol. The minimum Gasteiger partial charge on any atom is -0.325 e. The second-order valence-corrected chi connectivity index (χ2v) is 4.21. The van der Waals surface area contributed by atoms with Gasteiger partial charge in [-0.05, 0) is 43.0 Å². The molecule has 0 radical (unpaired) electrons. The number of rotatable bonds is 2. The molecule has 13 heavy (non-hydrogen) atoms. The van der Waals surface area contributed by atoms with Gasteiger partial charge in [0.15, 0.2) is 0 Å². The van der Waals surface area contributed by atoms with E-state index >= 15 is 0 Å². The van der Waals surface area contributed by atoms with E-state index in [4.69, 9.17) is 17.3 Å². The maximum atomic E-state index is 13.2. The lowest BCUT2D eigenvalue weighted by Gasteiger charge is -2.09. The van der Waals surface area contributed by atoms with Crippen LogP contribution < -0.4 is 5.73 Å². The summed E-state index contributed by atoms with van der Waals surface area (Å²) < 4.78 is 13.2. The highest BCUT2D eigenvalue weighted by atomic mass is 35.5. The Balaban J connectivity index is 2.23. The summed E-state index contributed by atoms with van der Waals surface area (Å²) >= 11 is 5.76. The van der Waals surface area contributed by atoms with Crippen LogP contribution in [0.1, 0.15) is 18.4 Å². The van der Waals surface area contributed by atoms with Crippen molar-refractivity contribution in [2.75, 3.05) is 0 Å². The maximum Gasteiger partial charge on any atom is 0.126 e. The molecule has 1 aromatic carbocycles. The van der Waals surface area contributed by atoms with Gasteiger partial charge in [0.1, 0.15) is 5.82 Å². The number of nitrogens with two attached hydrogens (primary N) is 1. The van der Waals surface area contributed by atoms with E-state index in [1.54, 1.807) is 12.1 Å². The van der Waals surface area contributed by atoms with Crippen LogP contribution in [-0.2, 0) is 6.42 Å². The fourth-order valence-corrected chi connectivity index (χ4v) is 1.59. The first kappa shape index (κ1) is 8.97. The molecule has 0 heterocycles. The molecule has 0 aliphatic heterocycles. The lowest BCUT2D eigenvalue weighted by atomic mass is 10.0. The lowest BCUT2D eigenvalue weighted by Crippen LogP contribution is -2.24. The Labute approximate surface area is 81.7 Å². The second kappa shape index (κ2) is 2.96. The van der Waals surface area contributed by atoms with Crippen LogP contribution in [-0.4, -0.2) is 5.54 Å². The summed E-state index contributed by atoms with van der Waals surface area (Å²) in [7, 11) is 0. The van der Waals surface area contributed by atoms with Crippen molar-refractivity contribution in [2.24, 2.45) is 5.73 Å². The van der Waals surface area contributed by atoms with E-state index in [1.807, 2.05) is 0 Å². The number of benzene rings is 1. The third-order valence-electron chi connectivity index (χ3n) is 2.44. The first-order valence-corrected chi connectivity index (χ1v) is 4.70. The van der Waals surface area contributed by atoms with Gasteiger partial charge < -0.3 is 5.73 Å². The molecule has 2 rings (SSSR count). The first-order valence-electron chi connectivity index (χ1n) is 4.32. The van der Waals surface area contributed by atoms with E-state index in [9.17, 15) is 4.39 Å². The van der Waals surface area contributed by atoms with Crippen LogP contribution >= 0.6 is 11.6 Å². The van der Waals surface area contributed by atoms with Crippen LogP contribution in [0, 0.1) is 5.82 Å². The van der Waals surface area contributed by atoms with Crippen molar-refractivity contribution in [1.29, 1.82) is 0 Å². The molecule has 0 spiro atoms. The van der Waals surface area contributed by atoms with Crippen LogP contribution in [0.2, 0.25) is 5.02 Å². The molecule has 1 aliphatic rings. The number of halogens is 2. The van der Waals surface area contributed by atoms with Gasteiger partial charge in [0.2, 0.25) is 0 Å². The largest absolute Gasteiger partial charge is 0.325 e. The van der Waals surface area contributed by atoms with Gasteiger partial charge in [0.25, 0.3) is 0 Å². The van der Waals surface area contributed by atoms with Gasteiger partial charge in [0.05, 0.1) is 0 Å². The van der Waals surface area contributed by atoms with E-state index in [1.165, 1.54) is 6.07 Å². The lowest BCUT2D eigenvalue weighted by molar-refractivity contribution is 0.582. The Morgan fingerprint density at radius 1 is 1.46 bits per heavy atom. The van der Waals surface area contributed by atoms with Crippen LogP contribution in [0.3, 0.4) is 0 Å². The highest BCUT2D eigenvalue weighted by Gasteiger charge is 2.38. The van der Waals surface area contributed by atoms with Crippen molar-refractivity contribution in [1.82, 2.24) is 0 Å². The molecule has 1 aliphatic carbocycles. The monoisotopic (exact) mass is 199 g/mol. The Hall–Kier alpha value is -0.600. The van der Waals surface area contributed by atoms with Crippen molar-refractivity contribution < 1.29 is 4.39 Å². The summed E-state index contributed by atoms with van der Waals surface area (Å²) in [6, 6.07) is 4.60. The predicted octanol–water partition coefficient (Wildman–Crippen LogP) is 2.51. The molecule has 0 atom stereocenters. The Morgan fingerprint density at radius 3 is 2.77 bits per heavy atom. The van der Waals surface area contributed by atoms with Crippen molar-refractivity contribution >= 4 is 11.6 Å². The quantitative estimate of drug-likeness (QED) is 0.778. The Morgan fingerprint density at radius 2 is 2.15 bits per heavy atom. The summed E-state index contributed by atoms with van der Waals surface area (Å²) in [6.07, 6.45) is 2.57. The molecule has 0 saturated heterocycles. The van der Waals surface area contributed by atoms with Crippen LogP contribution in [0.15, 0.2) is 18.2 Å². The Bertz CT molecular complexity index is 334. The molecule has 70 valence electrons. The highest BCUT2D eigenvalue weighted by Crippen LogP contribution is 2.36. The summed E-state index contributed by atoms with van der Waals surface area (Å²) in [5, 5.41) is 0.570. The summed E-state index contributed by atoms with van der Waals surface area (Å²) in [5.41, 5.74) is 6.36. The normalized spacial score (nSPS) is 18.7. The molecule has 1 saturated carbocycles. The second-order valence-electron chi connectivity index (χ2n) is 3.77. The van der Waals surface area contributed by atoms with E-state index in [0.717, 1.165) is 12.8 Å². The molecule has 1 fully saturated rings. The standard InChI is InChI=1S/C10H11ClFN/c11-8-1-2-9(12)7(5-8)6-10(13)3-4-10/h1-2,5H,3-4,6,13H2. The van der Waals surface area contributed by atoms with Crippen molar-refractivity contribution in [3.8, 4) is 0 Å². The molecule has 0 amide bonds. The minimum atomic E-state index is -0.207. The van der Waals surface area contributed by atoms with Crippen molar-refractivity contribution in [2.45, 2.75) is 24.8 Å². The molecule has 2 N–H and O–H groups in total. The van der Waals surface area contributed by atoms with E-state index < -0.39 is 0 Å². The first-order chi connectivity index (χ1) is 6.09. The third-order valence-corrected chi connectivity index (χ3v) is 2.68. The zero-order valence-corrected chi connectivity index (χ0v) is 7.94. The van der Waals surface area contributed by atoms with Crippen LogP contribution in [0.4, 0.5) is 4.39 Å². The SMILES string of the molecule is NC1(Cc2cc(Cl)ccc2F)CC1. The van der Waals surface area contributed by atoms with Gasteiger partial charge in [-0.15, -0.1) is 0 Å². The minimum absolute atomic E-state index is 0.161. The van der Waals surface area contributed by atoms with E-state index in [2.05, 4.69) is 0 Å². The fourth-order valence-electron chi connectivity index (χ4n) is 1.40. The number of hydrogen-bond donors (Lipinski definition) is 1. The molecular formula is C10H11ClFN. The fraction of sp³-hybridized carbons (Fsp3) is 0.400. The van der Waals surface area contributed by atoms with Gasteiger partial charge in [-0.2, -0.15) is 0 Å². The van der Waals surface area contributed by atoms with Gasteiger partial charge in [0, 0.05) is 10.6 Å². The van der Waals surface area contributed by atoms with Gasteiger partial charge >= 0.3 is 0 Å². The topological polar surface area (TPSA) is 26.0 Å². The van der Waals surface area contributed by atoms with Gasteiger partial charge in [-0.3, -0.25) is 0 Å². The van der Waals surface area contributed by atoms with Gasteiger partial charge in [-0.25, -0.2) is 4.39 Å². The Kier molecular flexibility index (Phi) is 2.05. The summed E-state index contributed by atoms with van der Waals surface area (Å²) in [5.74, 6) is -0.207. The number of hydrogen-bond acceptors (Lipinski definition) is 1. The molecule has 3 heteroatoms. The third kappa shape index (κ3) is 2.01. The molecular weight excluding hydrogens is 189 g/mol. The smallest absolute Gasteiger partial charge is 0.126 e. The van der Waals surface area contributed by atoms with E-state index in [-0.39, 0.29) is 11.4 Å².